The second kappa shape index (κ2) is 6.11. The van der Waals surface area contributed by atoms with Crippen LogP contribution in [-0.4, -0.2) is 16.1 Å². The van der Waals surface area contributed by atoms with Gasteiger partial charge in [-0.25, -0.2) is 4.68 Å². The van der Waals surface area contributed by atoms with Crippen LogP contribution in [0.2, 0.25) is 0 Å². The lowest BCUT2D eigenvalue weighted by molar-refractivity contribution is 0.112. The molecule has 0 aliphatic heterocycles. The van der Waals surface area contributed by atoms with Crippen LogP contribution in [0.3, 0.4) is 0 Å². The largest absolute Gasteiger partial charge is 0.298 e. The Morgan fingerprint density at radius 2 is 2.00 bits per heavy atom. The lowest BCUT2D eigenvalue weighted by Gasteiger charge is -2.05. The molecule has 0 radical (unpaired) electrons. The number of rotatable bonds is 2. The summed E-state index contributed by atoms with van der Waals surface area (Å²) in [5.74, 6) is 6.30. The molecule has 0 atom stereocenters. The maximum absolute atomic E-state index is 11.0. The zero-order valence-electron chi connectivity index (χ0n) is 12.2. The van der Waals surface area contributed by atoms with E-state index < -0.39 is 0 Å². The first kappa shape index (κ1) is 13.8. The van der Waals surface area contributed by atoms with Gasteiger partial charge < -0.3 is 0 Å². The molecule has 22 heavy (non-hydrogen) atoms. The summed E-state index contributed by atoms with van der Waals surface area (Å²) < 4.78 is 1.74. The Kier molecular flexibility index (Phi) is 3.84. The van der Waals surface area contributed by atoms with Gasteiger partial charge in [-0.3, -0.25) is 4.79 Å². The van der Waals surface area contributed by atoms with Crippen LogP contribution in [0.1, 0.15) is 27.0 Å². The van der Waals surface area contributed by atoms with Gasteiger partial charge in [-0.05, 0) is 48.9 Å². The number of carbonyl (C=O) groups is 1. The third kappa shape index (κ3) is 2.97. The van der Waals surface area contributed by atoms with E-state index in [0.29, 0.717) is 5.56 Å². The van der Waals surface area contributed by atoms with Crippen LogP contribution in [0, 0.1) is 18.8 Å². The summed E-state index contributed by atoms with van der Waals surface area (Å²) in [5.41, 5.74) is 4.35. The first-order valence-corrected chi connectivity index (χ1v) is 6.94. The minimum Gasteiger partial charge on any atom is -0.298 e. The van der Waals surface area contributed by atoms with Crippen LogP contribution in [0.15, 0.2) is 60.9 Å². The number of carbonyl (C=O) groups excluding carboxylic acids is 1. The first-order chi connectivity index (χ1) is 10.8. The van der Waals surface area contributed by atoms with E-state index in [-0.39, 0.29) is 0 Å². The first-order valence-electron chi connectivity index (χ1n) is 6.94. The Morgan fingerprint density at radius 1 is 1.09 bits per heavy atom. The van der Waals surface area contributed by atoms with Gasteiger partial charge in [0.15, 0.2) is 0 Å². The number of aldehydes is 1. The standard InChI is InChI=1S/C19H14N2O/c1-15-4-2-5-16(12-15)6-8-18-13-17(14-22)7-9-19(18)21-11-3-10-20-21/h2-5,7,9-14H,1H3. The molecular formula is C19H14N2O. The lowest BCUT2D eigenvalue weighted by Crippen LogP contribution is -1.99. The zero-order valence-corrected chi connectivity index (χ0v) is 12.2. The van der Waals surface area contributed by atoms with Crippen molar-refractivity contribution in [3.63, 3.8) is 0 Å². The minimum absolute atomic E-state index is 0.601. The van der Waals surface area contributed by atoms with Gasteiger partial charge in [-0.2, -0.15) is 5.10 Å². The molecule has 0 N–H and O–H groups in total. The van der Waals surface area contributed by atoms with Crippen molar-refractivity contribution in [2.24, 2.45) is 0 Å². The number of benzene rings is 2. The predicted molar refractivity (Wildman–Crippen MR) is 86.1 cm³/mol. The molecule has 1 aromatic heterocycles. The summed E-state index contributed by atoms with van der Waals surface area (Å²) in [6, 6.07) is 15.3. The normalized spacial score (nSPS) is 9.86. The van der Waals surface area contributed by atoms with Gasteiger partial charge in [0.2, 0.25) is 0 Å². The van der Waals surface area contributed by atoms with E-state index >= 15 is 0 Å². The molecule has 0 unspecified atom stereocenters. The van der Waals surface area contributed by atoms with Crippen LogP contribution < -0.4 is 0 Å². The fourth-order valence-electron chi connectivity index (χ4n) is 2.20. The van der Waals surface area contributed by atoms with Crippen molar-refractivity contribution in [2.45, 2.75) is 6.92 Å². The third-order valence-electron chi connectivity index (χ3n) is 3.27. The van der Waals surface area contributed by atoms with Crippen LogP contribution >= 0.6 is 0 Å². The highest BCUT2D eigenvalue weighted by Crippen LogP contribution is 2.15. The average Bonchev–Trinajstić information content (AvgIpc) is 3.07. The highest BCUT2D eigenvalue weighted by atomic mass is 16.1. The second-order valence-electron chi connectivity index (χ2n) is 4.96. The SMILES string of the molecule is Cc1cccc(C#Cc2cc(C=O)ccc2-n2cccn2)c1. The number of hydrogen-bond donors (Lipinski definition) is 0. The average molecular weight is 286 g/mol. The van der Waals surface area contributed by atoms with Crippen molar-refractivity contribution in [1.29, 1.82) is 0 Å². The molecule has 0 aliphatic rings. The van der Waals surface area contributed by atoms with Crippen LogP contribution in [-0.2, 0) is 0 Å². The van der Waals surface area contributed by atoms with Crippen LogP contribution in [0.4, 0.5) is 0 Å². The fourth-order valence-corrected chi connectivity index (χ4v) is 2.20. The van der Waals surface area contributed by atoms with Gasteiger partial charge in [0, 0.05) is 23.5 Å². The van der Waals surface area contributed by atoms with Gasteiger partial charge in [-0.1, -0.05) is 24.0 Å². The molecule has 0 aliphatic carbocycles. The van der Waals surface area contributed by atoms with E-state index in [0.717, 1.165) is 23.1 Å². The highest BCUT2D eigenvalue weighted by molar-refractivity contribution is 5.77. The summed E-state index contributed by atoms with van der Waals surface area (Å²) in [5, 5.41) is 4.23. The van der Waals surface area contributed by atoms with Gasteiger partial charge in [0.05, 0.1) is 11.3 Å². The molecule has 3 heteroatoms. The molecule has 0 amide bonds. The maximum atomic E-state index is 11.0. The molecule has 3 aromatic rings. The molecular weight excluding hydrogens is 272 g/mol. The van der Waals surface area contributed by atoms with E-state index in [1.54, 1.807) is 23.0 Å². The molecule has 0 fully saturated rings. The van der Waals surface area contributed by atoms with E-state index in [1.165, 1.54) is 5.56 Å². The molecule has 3 rings (SSSR count). The van der Waals surface area contributed by atoms with E-state index in [1.807, 2.05) is 49.5 Å². The zero-order chi connectivity index (χ0) is 15.4. The molecule has 0 saturated heterocycles. The number of aromatic nitrogens is 2. The van der Waals surface area contributed by atoms with Crippen molar-refractivity contribution < 1.29 is 4.79 Å². The second-order valence-corrected chi connectivity index (χ2v) is 4.96. The third-order valence-corrected chi connectivity index (χ3v) is 3.27. The minimum atomic E-state index is 0.601. The Labute approximate surface area is 129 Å². The summed E-state index contributed by atoms with van der Waals surface area (Å²) >= 11 is 0. The Balaban J connectivity index is 2.07. The monoisotopic (exact) mass is 286 g/mol. The Hall–Kier alpha value is -3.12. The summed E-state index contributed by atoms with van der Waals surface area (Å²) in [6.07, 6.45) is 4.39. The Bertz CT molecular complexity index is 868. The number of nitrogens with zero attached hydrogens (tertiary/aromatic N) is 2. The molecule has 0 saturated carbocycles. The van der Waals surface area contributed by atoms with Crippen molar-refractivity contribution in [3.05, 3.63) is 83.2 Å². The maximum Gasteiger partial charge on any atom is 0.150 e. The Morgan fingerprint density at radius 3 is 2.73 bits per heavy atom. The fraction of sp³-hybridized carbons (Fsp3) is 0.0526. The van der Waals surface area contributed by atoms with Crippen molar-refractivity contribution in [2.75, 3.05) is 0 Å². The quantitative estimate of drug-likeness (QED) is 0.534. The molecule has 106 valence electrons. The predicted octanol–water partition coefficient (Wildman–Crippen LogP) is 3.39. The molecule has 3 nitrogen and oxygen atoms in total. The van der Waals surface area contributed by atoms with Gasteiger partial charge in [-0.15, -0.1) is 0 Å². The van der Waals surface area contributed by atoms with E-state index in [4.69, 9.17) is 0 Å². The molecule has 2 aromatic carbocycles. The van der Waals surface area contributed by atoms with Gasteiger partial charge in [0.25, 0.3) is 0 Å². The number of aryl methyl sites for hydroxylation is 1. The molecule has 1 heterocycles. The van der Waals surface area contributed by atoms with E-state index in [9.17, 15) is 4.79 Å². The van der Waals surface area contributed by atoms with Gasteiger partial charge in [0.1, 0.15) is 6.29 Å². The molecule has 0 bridgehead atoms. The molecule has 0 spiro atoms. The van der Waals surface area contributed by atoms with Crippen molar-refractivity contribution >= 4 is 6.29 Å². The smallest absolute Gasteiger partial charge is 0.150 e. The summed E-state index contributed by atoms with van der Waals surface area (Å²) in [4.78, 5) is 11.0. The summed E-state index contributed by atoms with van der Waals surface area (Å²) in [7, 11) is 0. The van der Waals surface area contributed by atoms with E-state index in [2.05, 4.69) is 16.9 Å². The topological polar surface area (TPSA) is 34.9 Å². The van der Waals surface area contributed by atoms with Crippen molar-refractivity contribution in [1.82, 2.24) is 9.78 Å². The van der Waals surface area contributed by atoms with Crippen molar-refractivity contribution in [3.8, 4) is 17.5 Å². The number of hydrogen-bond acceptors (Lipinski definition) is 2. The lowest BCUT2D eigenvalue weighted by atomic mass is 10.1. The van der Waals surface area contributed by atoms with Gasteiger partial charge >= 0.3 is 0 Å². The summed E-state index contributed by atoms with van der Waals surface area (Å²) in [6.45, 7) is 2.04. The van der Waals surface area contributed by atoms with Crippen LogP contribution in [0.25, 0.3) is 5.69 Å². The van der Waals surface area contributed by atoms with Crippen LogP contribution in [0.5, 0.6) is 0 Å². The highest BCUT2D eigenvalue weighted by Gasteiger charge is 2.04.